The highest BCUT2D eigenvalue weighted by atomic mass is 79.9. The maximum absolute atomic E-state index is 12.5. The highest BCUT2D eigenvalue weighted by Crippen LogP contribution is 2.37. The summed E-state index contributed by atoms with van der Waals surface area (Å²) >= 11 is 3.29. The van der Waals surface area contributed by atoms with Gasteiger partial charge in [0.05, 0.1) is 34.9 Å². The van der Waals surface area contributed by atoms with E-state index in [0.29, 0.717) is 29.8 Å². The van der Waals surface area contributed by atoms with E-state index in [-0.39, 0.29) is 22.6 Å². The van der Waals surface area contributed by atoms with Crippen molar-refractivity contribution in [3.63, 3.8) is 0 Å². The number of hydrogen-bond donors (Lipinski definition) is 0. The lowest BCUT2D eigenvalue weighted by Gasteiger charge is -2.13. The van der Waals surface area contributed by atoms with Gasteiger partial charge in [0.1, 0.15) is 0 Å². The van der Waals surface area contributed by atoms with Gasteiger partial charge in [0.15, 0.2) is 11.5 Å². The van der Waals surface area contributed by atoms with Crippen LogP contribution in [0.25, 0.3) is 0 Å². The van der Waals surface area contributed by atoms with Crippen LogP contribution in [0.3, 0.4) is 0 Å². The minimum Gasteiger partial charge on any atom is -0.490 e. The first-order valence-corrected chi connectivity index (χ1v) is 8.57. The molecule has 2 rings (SSSR count). The second kappa shape index (κ2) is 9.17. The van der Waals surface area contributed by atoms with Crippen LogP contribution in [0.15, 0.2) is 39.7 Å². The number of esters is 1. The average Bonchev–Trinajstić information content (AvgIpc) is 2.63. The number of nitrogens with zero attached hydrogens (tertiary/aromatic N) is 2. The third-order valence-electron chi connectivity index (χ3n) is 3.39. The third-order valence-corrected chi connectivity index (χ3v) is 3.98. The van der Waals surface area contributed by atoms with E-state index in [1.54, 1.807) is 6.92 Å². The molecule has 0 aliphatic carbocycles. The van der Waals surface area contributed by atoms with E-state index >= 15 is 0 Å². The Morgan fingerprint density at radius 2 is 2.12 bits per heavy atom. The third kappa shape index (κ3) is 4.71. The summed E-state index contributed by atoms with van der Waals surface area (Å²) in [6.07, 6.45) is 1.42. The second-order valence-corrected chi connectivity index (χ2v) is 6.02. The van der Waals surface area contributed by atoms with Gasteiger partial charge in [-0.25, -0.2) is 4.79 Å². The van der Waals surface area contributed by atoms with Crippen molar-refractivity contribution in [3.05, 3.63) is 56.4 Å². The Morgan fingerprint density at radius 1 is 1.35 bits per heavy atom. The number of methoxy groups -OCH3 is 1. The van der Waals surface area contributed by atoms with E-state index in [1.165, 1.54) is 42.1 Å². The minimum atomic E-state index is -0.650. The van der Waals surface area contributed by atoms with E-state index in [4.69, 9.17) is 19.5 Å². The Bertz CT molecular complexity index is 901. The van der Waals surface area contributed by atoms with Gasteiger partial charge in [0, 0.05) is 32.0 Å². The van der Waals surface area contributed by atoms with Crippen molar-refractivity contribution >= 4 is 21.9 Å². The molecule has 1 aromatic heterocycles. The molecular formula is C18H17BrN2O5. The molecule has 0 atom stereocenters. The van der Waals surface area contributed by atoms with Crippen LogP contribution in [0.2, 0.25) is 0 Å². The van der Waals surface area contributed by atoms with Crippen molar-refractivity contribution in [1.82, 2.24) is 4.57 Å². The SMILES string of the molecule is CCOc1cc(C#N)cc(Br)c1OC(=O)c1ccc(=O)n(CCOC)c1. The van der Waals surface area contributed by atoms with Crippen molar-refractivity contribution in [2.45, 2.75) is 13.5 Å². The molecule has 1 heterocycles. The zero-order valence-electron chi connectivity index (χ0n) is 14.3. The summed E-state index contributed by atoms with van der Waals surface area (Å²) in [5.41, 5.74) is 0.334. The molecule has 8 heteroatoms. The number of carbonyl (C=O) groups excluding carboxylic acids is 1. The van der Waals surface area contributed by atoms with E-state index < -0.39 is 5.97 Å². The van der Waals surface area contributed by atoms with Gasteiger partial charge >= 0.3 is 5.97 Å². The Balaban J connectivity index is 2.33. The minimum absolute atomic E-state index is 0.172. The molecule has 0 saturated carbocycles. The summed E-state index contributed by atoms with van der Waals surface area (Å²) < 4.78 is 17.7. The number of aromatic nitrogens is 1. The molecule has 7 nitrogen and oxygen atoms in total. The molecule has 0 bridgehead atoms. The molecule has 0 radical (unpaired) electrons. The Morgan fingerprint density at radius 3 is 2.77 bits per heavy atom. The largest absolute Gasteiger partial charge is 0.490 e. The molecule has 136 valence electrons. The molecule has 0 unspecified atom stereocenters. The fourth-order valence-corrected chi connectivity index (χ4v) is 2.69. The standard InChI is InChI=1S/C18H17BrN2O5/c1-3-25-15-9-12(10-20)8-14(19)17(15)26-18(23)13-4-5-16(22)21(11-13)6-7-24-2/h4-5,8-9,11H,3,6-7H2,1-2H3. The molecule has 0 N–H and O–H groups in total. The fourth-order valence-electron chi connectivity index (χ4n) is 2.16. The van der Waals surface area contributed by atoms with Crippen LogP contribution < -0.4 is 15.0 Å². The van der Waals surface area contributed by atoms with Gasteiger partial charge in [0.2, 0.25) is 0 Å². The highest BCUT2D eigenvalue weighted by Gasteiger charge is 2.18. The molecule has 2 aromatic rings. The second-order valence-electron chi connectivity index (χ2n) is 5.16. The predicted molar refractivity (Wildman–Crippen MR) is 97.6 cm³/mol. The molecule has 1 aromatic carbocycles. The van der Waals surface area contributed by atoms with Crippen LogP contribution in [-0.4, -0.2) is 30.9 Å². The van der Waals surface area contributed by atoms with Crippen LogP contribution in [0, 0.1) is 11.3 Å². The van der Waals surface area contributed by atoms with Crippen LogP contribution in [0.1, 0.15) is 22.8 Å². The number of halogens is 1. The average molecular weight is 421 g/mol. The first kappa shape index (κ1) is 19.7. The number of nitriles is 1. The van der Waals surface area contributed by atoms with Gasteiger partial charge in [-0.15, -0.1) is 0 Å². The normalized spacial score (nSPS) is 10.2. The van der Waals surface area contributed by atoms with E-state index in [1.807, 2.05) is 6.07 Å². The van der Waals surface area contributed by atoms with Crippen molar-refractivity contribution in [2.24, 2.45) is 0 Å². The van der Waals surface area contributed by atoms with Crippen molar-refractivity contribution < 1.29 is 19.0 Å². The predicted octanol–water partition coefficient (Wildman–Crippen LogP) is 2.75. The molecule has 0 aliphatic heterocycles. The molecule has 0 aliphatic rings. The van der Waals surface area contributed by atoms with Crippen molar-refractivity contribution in [1.29, 1.82) is 5.26 Å². The maximum Gasteiger partial charge on any atom is 0.345 e. The summed E-state index contributed by atoms with van der Waals surface area (Å²) in [5.74, 6) is -0.201. The molecule has 0 amide bonds. The number of ether oxygens (including phenoxy) is 3. The summed E-state index contributed by atoms with van der Waals surface area (Å²) in [6, 6.07) is 7.73. The van der Waals surface area contributed by atoms with Crippen LogP contribution in [-0.2, 0) is 11.3 Å². The zero-order chi connectivity index (χ0) is 19.1. The van der Waals surface area contributed by atoms with Crippen LogP contribution in [0.4, 0.5) is 0 Å². The Hall–Kier alpha value is -2.63. The summed E-state index contributed by atoms with van der Waals surface area (Å²) in [4.78, 5) is 24.3. The van der Waals surface area contributed by atoms with Crippen molar-refractivity contribution in [2.75, 3.05) is 20.3 Å². The lowest BCUT2D eigenvalue weighted by molar-refractivity contribution is 0.0725. The van der Waals surface area contributed by atoms with Gasteiger partial charge in [0.25, 0.3) is 5.56 Å². The lowest BCUT2D eigenvalue weighted by atomic mass is 10.2. The molecule has 0 spiro atoms. The van der Waals surface area contributed by atoms with E-state index in [2.05, 4.69) is 15.9 Å². The first-order valence-electron chi connectivity index (χ1n) is 7.78. The summed E-state index contributed by atoms with van der Waals surface area (Å²) in [6.45, 7) is 2.79. The van der Waals surface area contributed by atoms with E-state index in [9.17, 15) is 9.59 Å². The lowest BCUT2D eigenvalue weighted by Crippen LogP contribution is -2.23. The number of pyridine rings is 1. The van der Waals surface area contributed by atoms with E-state index in [0.717, 1.165) is 0 Å². The molecular weight excluding hydrogens is 404 g/mol. The van der Waals surface area contributed by atoms with Gasteiger partial charge in [-0.05, 0) is 35.0 Å². The molecule has 0 fully saturated rings. The number of benzene rings is 1. The van der Waals surface area contributed by atoms with Crippen molar-refractivity contribution in [3.8, 4) is 17.6 Å². The monoisotopic (exact) mass is 420 g/mol. The zero-order valence-corrected chi connectivity index (χ0v) is 15.9. The maximum atomic E-state index is 12.5. The van der Waals surface area contributed by atoms with Gasteiger partial charge in [-0.3, -0.25) is 4.79 Å². The smallest absolute Gasteiger partial charge is 0.345 e. The highest BCUT2D eigenvalue weighted by molar-refractivity contribution is 9.10. The Kier molecular flexibility index (Phi) is 6.95. The van der Waals surface area contributed by atoms with Crippen LogP contribution >= 0.6 is 15.9 Å². The topological polar surface area (TPSA) is 90.5 Å². The van der Waals surface area contributed by atoms with Gasteiger partial charge in [-0.1, -0.05) is 0 Å². The number of carbonyl (C=O) groups is 1. The number of hydrogen-bond acceptors (Lipinski definition) is 6. The Labute approximate surface area is 158 Å². The fraction of sp³-hybridized carbons (Fsp3) is 0.278. The molecule has 0 saturated heterocycles. The summed E-state index contributed by atoms with van der Waals surface area (Å²) in [5, 5.41) is 9.06. The van der Waals surface area contributed by atoms with Crippen LogP contribution in [0.5, 0.6) is 11.5 Å². The van der Waals surface area contributed by atoms with Gasteiger partial charge < -0.3 is 18.8 Å². The quantitative estimate of drug-likeness (QED) is 0.505. The molecule has 26 heavy (non-hydrogen) atoms. The summed E-state index contributed by atoms with van der Waals surface area (Å²) in [7, 11) is 1.53. The van der Waals surface area contributed by atoms with Gasteiger partial charge in [-0.2, -0.15) is 5.26 Å². The first-order chi connectivity index (χ1) is 12.5. The number of rotatable bonds is 7.